The van der Waals surface area contributed by atoms with Crippen LogP contribution >= 0.6 is 11.6 Å². The summed E-state index contributed by atoms with van der Waals surface area (Å²) < 4.78 is 10.9. The molecule has 2 amide bonds. The Kier molecular flexibility index (Phi) is 5.36. The Labute approximate surface area is 164 Å². The molecule has 0 bridgehead atoms. The Hall–Kier alpha value is -3.33. The van der Waals surface area contributed by atoms with Gasteiger partial charge in [0.1, 0.15) is 17.6 Å². The van der Waals surface area contributed by atoms with Crippen molar-refractivity contribution < 1.29 is 23.7 Å². The molecule has 1 atom stereocenters. The summed E-state index contributed by atoms with van der Waals surface area (Å²) in [5.41, 5.74) is 0.877. The third-order valence-electron chi connectivity index (χ3n) is 4.10. The maximum atomic E-state index is 12.3. The van der Waals surface area contributed by atoms with Crippen molar-refractivity contribution in [3.8, 4) is 11.3 Å². The van der Waals surface area contributed by atoms with Crippen LogP contribution in [-0.4, -0.2) is 23.5 Å². The first-order valence-electron chi connectivity index (χ1n) is 8.31. The highest BCUT2D eigenvalue weighted by Crippen LogP contribution is 2.35. The van der Waals surface area contributed by atoms with Crippen molar-refractivity contribution in [1.82, 2.24) is 10.6 Å². The number of nitro groups is 1. The third-order valence-corrected chi connectivity index (χ3v) is 4.42. The predicted octanol–water partition coefficient (Wildman–Crippen LogP) is 3.70. The molecule has 1 aromatic carbocycles. The highest BCUT2D eigenvalue weighted by atomic mass is 35.5. The van der Waals surface area contributed by atoms with Gasteiger partial charge in [0.2, 0.25) is 0 Å². The number of allylic oxidation sites excluding steroid dienone is 1. The normalized spacial score (nSPS) is 16.4. The molecule has 1 aliphatic heterocycles. The number of hydrogen-bond donors (Lipinski definition) is 2. The average molecular weight is 406 g/mol. The molecule has 0 saturated carbocycles. The summed E-state index contributed by atoms with van der Waals surface area (Å²) in [7, 11) is 0. The summed E-state index contributed by atoms with van der Waals surface area (Å²) in [5.74, 6) is 0.0500. The topological polar surface area (TPSA) is 124 Å². The molecule has 2 N–H and O–H groups in total. The van der Waals surface area contributed by atoms with Gasteiger partial charge in [0.05, 0.1) is 22.1 Å². The quantitative estimate of drug-likeness (QED) is 0.444. The molecule has 2 aromatic rings. The second kappa shape index (κ2) is 7.73. The molecule has 0 saturated heterocycles. The van der Waals surface area contributed by atoms with Crippen molar-refractivity contribution in [3.63, 3.8) is 0 Å². The van der Waals surface area contributed by atoms with Gasteiger partial charge in [0, 0.05) is 23.4 Å². The second-order valence-electron chi connectivity index (χ2n) is 5.91. The van der Waals surface area contributed by atoms with E-state index < -0.39 is 23.0 Å². The Morgan fingerprint density at radius 2 is 2.11 bits per heavy atom. The van der Waals surface area contributed by atoms with Crippen molar-refractivity contribution in [2.24, 2.45) is 0 Å². The summed E-state index contributed by atoms with van der Waals surface area (Å²) in [5, 5.41) is 16.2. The zero-order chi connectivity index (χ0) is 20.4. The molecule has 0 aliphatic carbocycles. The molecule has 0 radical (unpaired) electrons. The van der Waals surface area contributed by atoms with Gasteiger partial charge in [-0.2, -0.15) is 0 Å². The minimum atomic E-state index is -0.849. The van der Waals surface area contributed by atoms with Gasteiger partial charge in [-0.15, -0.1) is 0 Å². The van der Waals surface area contributed by atoms with Crippen LogP contribution in [0.4, 0.5) is 10.5 Å². The van der Waals surface area contributed by atoms with Crippen LogP contribution in [0, 0.1) is 10.1 Å². The zero-order valence-electron chi connectivity index (χ0n) is 14.9. The number of esters is 1. The number of non-ortho nitro benzene ring substituents is 1. The Balaban J connectivity index is 1.98. The van der Waals surface area contributed by atoms with E-state index in [1.54, 1.807) is 26.0 Å². The van der Waals surface area contributed by atoms with Crippen molar-refractivity contribution in [1.29, 1.82) is 0 Å². The molecule has 0 spiro atoms. The molecule has 0 fully saturated rings. The molecule has 2 heterocycles. The number of benzene rings is 1. The van der Waals surface area contributed by atoms with Crippen LogP contribution in [-0.2, 0) is 9.53 Å². The minimum Gasteiger partial charge on any atom is -0.463 e. The molecule has 1 aliphatic rings. The van der Waals surface area contributed by atoms with Crippen LogP contribution in [0.15, 0.2) is 46.0 Å². The van der Waals surface area contributed by atoms with Crippen LogP contribution in [0.3, 0.4) is 0 Å². The van der Waals surface area contributed by atoms with Crippen molar-refractivity contribution >= 4 is 29.3 Å². The number of urea groups is 1. The maximum Gasteiger partial charge on any atom is 0.338 e. The first-order chi connectivity index (χ1) is 13.3. The van der Waals surface area contributed by atoms with Gasteiger partial charge in [-0.1, -0.05) is 11.6 Å². The summed E-state index contributed by atoms with van der Waals surface area (Å²) in [6.45, 7) is 3.45. The fraction of sp³-hybridized carbons (Fsp3) is 0.222. The number of hydrogen-bond acceptors (Lipinski definition) is 6. The number of carbonyl (C=O) groups excluding carboxylic acids is 2. The summed E-state index contributed by atoms with van der Waals surface area (Å²) >= 11 is 6.14. The standard InChI is InChI=1S/C18H16ClN3O6/c1-3-27-17(23)15-9(2)20-18(24)21-16(15)14-7-6-13(28-14)11-5-4-10(22(25)26)8-12(11)19/h4-8,16H,3H2,1-2H3,(H2,20,21,24)/t16-/m1/s1. The van der Waals surface area contributed by atoms with E-state index in [1.807, 2.05) is 0 Å². The number of halogens is 1. The molecule has 9 nitrogen and oxygen atoms in total. The highest BCUT2D eigenvalue weighted by Gasteiger charge is 2.34. The van der Waals surface area contributed by atoms with Crippen LogP contribution in [0.25, 0.3) is 11.3 Å². The first-order valence-corrected chi connectivity index (χ1v) is 8.69. The molecule has 146 valence electrons. The van der Waals surface area contributed by atoms with Crippen LogP contribution in [0.1, 0.15) is 25.6 Å². The number of nitro benzene ring substituents is 1. The van der Waals surface area contributed by atoms with Crippen LogP contribution in [0.2, 0.25) is 5.02 Å². The van der Waals surface area contributed by atoms with Crippen molar-refractivity contribution in [2.75, 3.05) is 6.61 Å². The van der Waals surface area contributed by atoms with Gasteiger partial charge < -0.3 is 19.8 Å². The van der Waals surface area contributed by atoms with Crippen LogP contribution in [0.5, 0.6) is 0 Å². The lowest BCUT2D eigenvalue weighted by molar-refractivity contribution is -0.384. The minimum absolute atomic E-state index is 0.141. The lowest BCUT2D eigenvalue weighted by atomic mass is 10.0. The lowest BCUT2D eigenvalue weighted by Gasteiger charge is -2.26. The van der Waals surface area contributed by atoms with Gasteiger partial charge >= 0.3 is 12.0 Å². The molecule has 1 aromatic heterocycles. The van der Waals surface area contributed by atoms with E-state index in [-0.39, 0.29) is 22.9 Å². The van der Waals surface area contributed by atoms with E-state index in [0.29, 0.717) is 22.8 Å². The van der Waals surface area contributed by atoms with E-state index in [0.717, 1.165) is 0 Å². The van der Waals surface area contributed by atoms with E-state index in [2.05, 4.69) is 10.6 Å². The van der Waals surface area contributed by atoms with Crippen molar-refractivity contribution in [2.45, 2.75) is 19.9 Å². The van der Waals surface area contributed by atoms with E-state index in [1.165, 1.54) is 18.2 Å². The second-order valence-corrected chi connectivity index (χ2v) is 6.32. The maximum absolute atomic E-state index is 12.3. The summed E-state index contributed by atoms with van der Waals surface area (Å²) in [4.78, 5) is 34.5. The number of rotatable bonds is 5. The third kappa shape index (κ3) is 3.70. The van der Waals surface area contributed by atoms with E-state index in [9.17, 15) is 19.7 Å². The summed E-state index contributed by atoms with van der Waals surface area (Å²) in [6, 6.07) is 5.87. The molecular weight excluding hydrogens is 390 g/mol. The van der Waals surface area contributed by atoms with Crippen molar-refractivity contribution in [3.05, 3.63) is 62.5 Å². The zero-order valence-corrected chi connectivity index (χ0v) is 15.7. The number of ether oxygens (including phenoxy) is 1. The fourth-order valence-corrected chi connectivity index (χ4v) is 3.12. The number of nitrogens with zero attached hydrogens (tertiary/aromatic N) is 1. The Morgan fingerprint density at radius 1 is 1.36 bits per heavy atom. The fourth-order valence-electron chi connectivity index (χ4n) is 2.86. The van der Waals surface area contributed by atoms with Gasteiger partial charge in [-0.05, 0) is 32.0 Å². The monoisotopic (exact) mass is 405 g/mol. The lowest BCUT2D eigenvalue weighted by Crippen LogP contribution is -2.45. The SMILES string of the molecule is CCOC(=O)C1=C(C)NC(=O)N[C@@H]1c1ccc(-c2ccc([N+](=O)[O-])cc2Cl)o1. The highest BCUT2D eigenvalue weighted by molar-refractivity contribution is 6.33. The van der Waals surface area contributed by atoms with Gasteiger partial charge in [-0.25, -0.2) is 9.59 Å². The average Bonchev–Trinajstić information content (AvgIpc) is 3.10. The number of carbonyl (C=O) groups is 2. The predicted molar refractivity (Wildman–Crippen MR) is 99.5 cm³/mol. The number of furan rings is 1. The molecule has 28 heavy (non-hydrogen) atoms. The van der Waals surface area contributed by atoms with Gasteiger partial charge in [-0.3, -0.25) is 10.1 Å². The molecular formula is C18H16ClN3O6. The Bertz CT molecular complexity index is 997. The summed E-state index contributed by atoms with van der Waals surface area (Å²) in [6.07, 6.45) is 0. The van der Waals surface area contributed by atoms with Gasteiger partial charge in [0.15, 0.2) is 0 Å². The Morgan fingerprint density at radius 3 is 2.75 bits per heavy atom. The smallest absolute Gasteiger partial charge is 0.338 e. The molecule has 10 heteroatoms. The van der Waals surface area contributed by atoms with Crippen LogP contribution < -0.4 is 10.6 Å². The van der Waals surface area contributed by atoms with E-state index in [4.69, 9.17) is 20.8 Å². The molecule has 3 rings (SSSR count). The number of nitrogens with one attached hydrogen (secondary N) is 2. The first kappa shape index (κ1) is 19.4. The van der Waals surface area contributed by atoms with Gasteiger partial charge in [0.25, 0.3) is 5.69 Å². The molecule has 0 unspecified atom stereocenters. The van der Waals surface area contributed by atoms with E-state index >= 15 is 0 Å². The largest absolute Gasteiger partial charge is 0.463 e. The number of amides is 2.